The highest BCUT2D eigenvalue weighted by Crippen LogP contribution is 2.25. The Morgan fingerprint density at radius 3 is 2.88 bits per heavy atom. The van der Waals surface area contributed by atoms with E-state index in [-0.39, 0.29) is 17.4 Å². The van der Waals surface area contributed by atoms with E-state index >= 15 is 0 Å². The molecule has 134 valence electrons. The highest BCUT2D eigenvalue weighted by atomic mass is 16.6. The summed E-state index contributed by atoms with van der Waals surface area (Å²) in [5.41, 5.74) is 8.13. The van der Waals surface area contributed by atoms with Gasteiger partial charge in [0.2, 0.25) is 11.6 Å². The Kier molecular flexibility index (Phi) is 4.60. The number of methoxy groups -OCH3 is 1. The van der Waals surface area contributed by atoms with Crippen molar-refractivity contribution < 1.29 is 14.5 Å². The first kappa shape index (κ1) is 17.1. The van der Waals surface area contributed by atoms with Crippen LogP contribution in [-0.2, 0) is 0 Å². The van der Waals surface area contributed by atoms with E-state index in [0.29, 0.717) is 22.8 Å². The van der Waals surface area contributed by atoms with E-state index in [1.807, 2.05) is 0 Å². The van der Waals surface area contributed by atoms with Gasteiger partial charge < -0.3 is 15.6 Å². The zero-order chi connectivity index (χ0) is 18.7. The number of phenolic OH excluding ortho intramolecular Hbond substituents is 1. The van der Waals surface area contributed by atoms with Crippen LogP contribution in [0.3, 0.4) is 0 Å². The maximum atomic E-state index is 9.59. The molecule has 0 unspecified atom stereocenters. The number of aromatic nitrogens is 5. The van der Waals surface area contributed by atoms with Gasteiger partial charge in [0.05, 0.1) is 24.7 Å². The Hall–Kier alpha value is -3.76. The number of nitrogens with zero attached hydrogens (tertiary/aromatic N) is 7. The number of rotatable bonds is 5. The summed E-state index contributed by atoms with van der Waals surface area (Å²) in [6.45, 7) is 3.54. The van der Waals surface area contributed by atoms with E-state index in [4.69, 9.17) is 10.5 Å². The molecule has 0 atom stereocenters. The molecule has 0 saturated heterocycles. The van der Waals surface area contributed by atoms with Gasteiger partial charge in [-0.05, 0) is 47.9 Å². The van der Waals surface area contributed by atoms with E-state index in [9.17, 15) is 5.11 Å². The van der Waals surface area contributed by atoms with Crippen LogP contribution in [0.4, 0.5) is 5.82 Å². The molecule has 1 aromatic carbocycles. The highest BCUT2D eigenvalue weighted by molar-refractivity contribution is 5.98. The first-order valence-electron chi connectivity index (χ1n) is 7.47. The lowest BCUT2D eigenvalue weighted by molar-refractivity contribution is 0.306. The predicted molar refractivity (Wildman–Crippen MR) is 92.8 cm³/mol. The van der Waals surface area contributed by atoms with Crippen molar-refractivity contribution in [1.82, 2.24) is 25.3 Å². The Balaban J connectivity index is 1.82. The van der Waals surface area contributed by atoms with Gasteiger partial charge in [-0.3, -0.25) is 0 Å². The Morgan fingerprint density at radius 2 is 2.19 bits per heavy atom. The summed E-state index contributed by atoms with van der Waals surface area (Å²) in [5, 5.41) is 33.0. The molecule has 2 aromatic heterocycles. The topological polar surface area (TPSA) is 150 Å². The van der Waals surface area contributed by atoms with Crippen molar-refractivity contribution in [3.05, 3.63) is 35.2 Å². The van der Waals surface area contributed by atoms with Crippen LogP contribution in [0.5, 0.6) is 11.5 Å². The number of aromatic hydroxyl groups is 1. The van der Waals surface area contributed by atoms with Crippen LogP contribution in [-0.4, -0.2) is 49.4 Å². The molecule has 3 rings (SSSR count). The number of nitrogen functional groups attached to an aromatic ring is 1. The van der Waals surface area contributed by atoms with Crippen molar-refractivity contribution in [3.8, 4) is 17.3 Å². The Bertz CT molecular complexity index is 989. The summed E-state index contributed by atoms with van der Waals surface area (Å²) in [5.74, 6) is 0.776. The van der Waals surface area contributed by atoms with Crippen molar-refractivity contribution in [2.45, 2.75) is 13.8 Å². The molecule has 0 fully saturated rings. The molecule has 0 spiro atoms. The number of hydrogen-bond donors (Lipinski definition) is 2. The smallest absolute Gasteiger partial charge is 0.243 e. The lowest BCUT2D eigenvalue weighted by Gasteiger charge is -2.02. The lowest BCUT2D eigenvalue weighted by atomic mass is 10.2. The molecule has 0 amide bonds. The first-order valence-corrected chi connectivity index (χ1v) is 7.47. The van der Waals surface area contributed by atoms with E-state index < -0.39 is 0 Å². The van der Waals surface area contributed by atoms with E-state index in [0.717, 1.165) is 5.56 Å². The van der Waals surface area contributed by atoms with Crippen LogP contribution < -0.4 is 10.5 Å². The fraction of sp³-hybridized carbons (Fsp3) is 0.200. The molecule has 0 aliphatic carbocycles. The fourth-order valence-corrected chi connectivity index (χ4v) is 2.21. The summed E-state index contributed by atoms with van der Waals surface area (Å²) >= 11 is 0. The van der Waals surface area contributed by atoms with Gasteiger partial charge in [0, 0.05) is 0 Å². The van der Waals surface area contributed by atoms with Gasteiger partial charge in [-0.25, -0.2) is 4.63 Å². The molecular formula is C15H16N8O3. The maximum absolute atomic E-state index is 9.59. The average Bonchev–Trinajstić information content (AvgIpc) is 3.21. The molecule has 0 saturated carbocycles. The quantitative estimate of drug-likeness (QED) is 0.509. The molecule has 2 heterocycles. The third-order valence-electron chi connectivity index (χ3n) is 3.55. The van der Waals surface area contributed by atoms with E-state index in [1.54, 1.807) is 26.0 Å². The molecule has 0 aliphatic rings. The zero-order valence-corrected chi connectivity index (χ0v) is 14.3. The van der Waals surface area contributed by atoms with Crippen LogP contribution in [0, 0.1) is 6.92 Å². The molecule has 11 nitrogen and oxygen atoms in total. The van der Waals surface area contributed by atoms with Crippen molar-refractivity contribution in [1.29, 1.82) is 0 Å². The summed E-state index contributed by atoms with van der Waals surface area (Å²) in [6.07, 6.45) is 1.53. The molecule has 26 heavy (non-hydrogen) atoms. The largest absolute Gasteiger partial charge is 0.504 e. The van der Waals surface area contributed by atoms with Gasteiger partial charge in [0.1, 0.15) is 5.69 Å². The number of ether oxygens (including phenoxy) is 1. The number of phenols is 1. The van der Waals surface area contributed by atoms with Gasteiger partial charge in [-0.2, -0.15) is 14.9 Å². The highest BCUT2D eigenvalue weighted by Gasteiger charge is 2.17. The summed E-state index contributed by atoms with van der Waals surface area (Å²) < 4.78 is 11.0. The second kappa shape index (κ2) is 7.01. The standard InChI is InChI=1S/C15H16N8O3/c1-8(18-17-7-10-4-5-11(24)12(6-10)25-3)13-9(2)23(22-19-13)15-14(16)20-26-21-15/h4-7,24H,1-3H3,(H2,16,20)/b17-7+,18-8-. The first-order chi connectivity index (χ1) is 12.5. The number of anilines is 1. The molecule has 0 aliphatic heterocycles. The molecule has 3 N–H and O–H groups in total. The molecule has 11 heteroatoms. The Morgan fingerprint density at radius 1 is 1.38 bits per heavy atom. The summed E-state index contributed by atoms with van der Waals surface area (Å²) in [4.78, 5) is 0. The predicted octanol–water partition coefficient (Wildman–Crippen LogP) is 1.10. The number of nitrogens with two attached hydrogens (primary N) is 1. The monoisotopic (exact) mass is 356 g/mol. The van der Waals surface area contributed by atoms with E-state index in [1.165, 1.54) is 24.1 Å². The summed E-state index contributed by atoms with van der Waals surface area (Å²) in [7, 11) is 1.47. The van der Waals surface area contributed by atoms with Crippen LogP contribution >= 0.6 is 0 Å². The third kappa shape index (κ3) is 3.22. The van der Waals surface area contributed by atoms with Crippen LogP contribution in [0.25, 0.3) is 5.82 Å². The van der Waals surface area contributed by atoms with Crippen molar-refractivity contribution in [2.75, 3.05) is 12.8 Å². The Labute approximate surface area is 147 Å². The van der Waals surface area contributed by atoms with Gasteiger partial charge in [0.15, 0.2) is 11.5 Å². The van der Waals surface area contributed by atoms with Crippen molar-refractivity contribution in [2.24, 2.45) is 10.2 Å². The van der Waals surface area contributed by atoms with Gasteiger partial charge in [-0.1, -0.05) is 5.21 Å². The summed E-state index contributed by atoms with van der Waals surface area (Å²) in [6, 6.07) is 4.85. The zero-order valence-electron chi connectivity index (χ0n) is 14.3. The van der Waals surface area contributed by atoms with Crippen LogP contribution in [0.1, 0.15) is 23.9 Å². The fourth-order valence-electron chi connectivity index (χ4n) is 2.21. The minimum atomic E-state index is 0.0539. The van der Waals surface area contributed by atoms with Crippen molar-refractivity contribution >= 4 is 17.7 Å². The minimum Gasteiger partial charge on any atom is -0.504 e. The van der Waals surface area contributed by atoms with E-state index in [2.05, 4.69) is 35.5 Å². The van der Waals surface area contributed by atoms with Crippen LogP contribution in [0.15, 0.2) is 33.0 Å². The maximum Gasteiger partial charge on any atom is 0.243 e. The van der Waals surface area contributed by atoms with Gasteiger partial charge in [-0.15, -0.1) is 5.10 Å². The number of hydrogen-bond acceptors (Lipinski definition) is 10. The van der Waals surface area contributed by atoms with Gasteiger partial charge >= 0.3 is 0 Å². The second-order valence-electron chi connectivity index (χ2n) is 5.27. The molecule has 3 aromatic rings. The number of benzene rings is 1. The second-order valence-corrected chi connectivity index (χ2v) is 5.27. The normalized spacial score (nSPS) is 12.0. The molecular weight excluding hydrogens is 340 g/mol. The average molecular weight is 356 g/mol. The third-order valence-corrected chi connectivity index (χ3v) is 3.55. The minimum absolute atomic E-state index is 0.0539. The van der Waals surface area contributed by atoms with Crippen molar-refractivity contribution in [3.63, 3.8) is 0 Å². The lowest BCUT2D eigenvalue weighted by Crippen LogP contribution is -2.04. The van der Waals surface area contributed by atoms with Gasteiger partial charge in [0.25, 0.3) is 0 Å². The molecule has 0 bridgehead atoms. The SMILES string of the molecule is COc1cc(/C=N/N=C(/C)c2nnn(-c3nonc3N)c2C)ccc1O. The molecule has 0 radical (unpaired) electrons. The van der Waals surface area contributed by atoms with Crippen LogP contribution in [0.2, 0.25) is 0 Å².